The Balaban J connectivity index is 2.03. The van der Waals surface area contributed by atoms with E-state index in [0.717, 1.165) is 17.0 Å². The summed E-state index contributed by atoms with van der Waals surface area (Å²) in [4.78, 5) is 12.9. The van der Waals surface area contributed by atoms with Crippen LogP contribution >= 0.6 is 0 Å². The van der Waals surface area contributed by atoms with Crippen LogP contribution in [0.1, 0.15) is 12.7 Å². The van der Waals surface area contributed by atoms with E-state index >= 15 is 0 Å². The second kappa shape index (κ2) is 6.65. The average molecular weight is 313 g/mol. The molecule has 1 amide bonds. The second-order valence-corrected chi connectivity index (χ2v) is 5.04. The zero-order chi connectivity index (χ0) is 16.3. The molecule has 7 heteroatoms. The van der Waals surface area contributed by atoms with E-state index in [-0.39, 0.29) is 5.69 Å². The molecule has 0 bridgehead atoms. The van der Waals surface area contributed by atoms with Crippen LogP contribution in [0.2, 0.25) is 0 Å². The quantitative estimate of drug-likeness (QED) is 0.826. The summed E-state index contributed by atoms with van der Waals surface area (Å²) in [5.41, 5.74) is -0.387. The smallest absolute Gasteiger partial charge is 0.282 e. The Bertz CT molecular complexity index is 659. The number of benzene rings is 1. The highest BCUT2D eigenvalue weighted by Crippen LogP contribution is 2.19. The van der Waals surface area contributed by atoms with E-state index in [1.165, 1.54) is 6.26 Å². The largest absolute Gasteiger partial charge is 0.463 e. The lowest BCUT2D eigenvalue weighted by Gasteiger charge is -2.20. The molecule has 1 aromatic heterocycles. The van der Waals surface area contributed by atoms with Crippen LogP contribution in [0.3, 0.4) is 0 Å². The molecule has 0 saturated carbocycles. The van der Waals surface area contributed by atoms with Crippen molar-refractivity contribution < 1.29 is 27.3 Å². The van der Waals surface area contributed by atoms with Crippen molar-refractivity contribution in [3.05, 3.63) is 53.7 Å². The minimum atomic E-state index is -1.61. The maximum absolute atomic E-state index is 13.5. The molecule has 0 aliphatic carbocycles. The fourth-order valence-corrected chi connectivity index (χ4v) is 1.93. The van der Waals surface area contributed by atoms with Gasteiger partial charge in [0.05, 0.1) is 19.0 Å². The Kier molecular flexibility index (Phi) is 4.87. The third-order valence-electron chi connectivity index (χ3n) is 3.46. The Morgan fingerprint density at radius 1 is 1.27 bits per heavy atom. The Labute approximate surface area is 125 Å². The molecule has 0 aliphatic heterocycles. The first kappa shape index (κ1) is 16.1. The third kappa shape index (κ3) is 3.48. The highest BCUT2D eigenvalue weighted by molar-refractivity contribution is 5.93. The normalized spacial score (nSPS) is 13.7. The number of furan rings is 1. The lowest BCUT2D eigenvalue weighted by Crippen LogP contribution is -3.12. The third-order valence-corrected chi connectivity index (χ3v) is 3.46. The van der Waals surface area contributed by atoms with Crippen molar-refractivity contribution in [3.63, 3.8) is 0 Å². The molecule has 0 spiro atoms. The summed E-state index contributed by atoms with van der Waals surface area (Å²) in [6.45, 7) is 2.10. The first-order valence-corrected chi connectivity index (χ1v) is 6.69. The molecule has 1 aromatic carbocycles. The zero-order valence-electron chi connectivity index (χ0n) is 12.1. The van der Waals surface area contributed by atoms with E-state index in [2.05, 4.69) is 5.32 Å². The van der Waals surface area contributed by atoms with Gasteiger partial charge >= 0.3 is 0 Å². The molecule has 0 fully saturated rings. The molecular weight excluding hydrogens is 297 g/mol. The van der Waals surface area contributed by atoms with E-state index < -0.39 is 29.4 Å². The summed E-state index contributed by atoms with van der Waals surface area (Å²) in [7, 11) is 1.77. The van der Waals surface area contributed by atoms with Crippen LogP contribution in [0.4, 0.5) is 18.9 Å². The van der Waals surface area contributed by atoms with Gasteiger partial charge in [-0.1, -0.05) is 0 Å². The summed E-state index contributed by atoms with van der Waals surface area (Å²) in [5, 5.41) is 2.27. The molecule has 118 valence electrons. The number of quaternary nitrogens is 1. The molecule has 2 rings (SSSR count). The standard InChI is InChI=1S/C15H15F3N2O2/c1-9(20(2)8-10-4-3-7-22-10)15(21)19-12-6-5-11(16)13(17)14(12)18/h3-7,9H,8H2,1-2H3,(H,19,21)/p+1/t9-/m1/s1. The van der Waals surface area contributed by atoms with Crippen molar-refractivity contribution in [2.45, 2.75) is 19.5 Å². The molecule has 2 atom stereocenters. The number of carbonyl (C=O) groups is 1. The van der Waals surface area contributed by atoms with Crippen molar-refractivity contribution in [1.82, 2.24) is 0 Å². The Morgan fingerprint density at radius 2 is 2.00 bits per heavy atom. The predicted molar refractivity (Wildman–Crippen MR) is 73.7 cm³/mol. The molecule has 1 unspecified atom stereocenters. The average Bonchev–Trinajstić information content (AvgIpc) is 2.99. The monoisotopic (exact) mass is 313 g/mol. The zero-order valence-corrected chi connectivity index (χ0v) is 12.1. The molecule has 1 heterocycles. The summed E-state index contributed by atoms with van der Waals surface area (Å²) < 4.78 is 44.7. The van der Waals surface area contributed by atoms with Crippen LogP contribution in [0.25, 0.3) is 0 Å². The molecule has 0 aliphatic rings. The van der Waals surface area contributed by atoms with Gasteiger partial charge in [0, 0.05) is 0 Å². The van der Waals surface area contributed by atoms with Gasteiger partial charge in [-0.05, 0) is 31.2 Å². The lowest BCUT2D eigenvalue weighted by molar-refractivity contribution is -0.908. The molecule has 4 nitrogen and oxygen atoms in total. The molecule has 2 aromatic rings. The van der Waals surface area contributed by atoms with Gasteiger partial charge in [0.25, 0.3) is 5.91 Å². The van der Waals surface area contributed by atoms with Gasteiger partial charge in [0.1, 0.15) is 6.54 Å². The highest BCUT2D eigenvalue weighted by atomic mass is 19.2. The molecule has 22 heavy (non-hydrogen) atoms. The van der Waals surface area contributed by atoms with Crippen LogP contribution in [0, 0.1) is 17.5 Å². The Hall–Kier alpha value is -2.28. The van der Waals surface area contributed by atoms with Gasteiger partial charge < -0.3 is 14.6 Å². The number of amides is 1. The molecule has 2 N–H and O–H groups in total. The topological polar surface area (TPSA) is 46.7 Å². The van der Waals surface area contributed by atoms with Gasteiger partial charge in [-0.2, -0.15) is 0 Å². The molecule has 0 saturated heterocycles. The van der Waals surface area contributed by atoms with Gasteiger partial charge in [-0.3, -0.25) is 4.79 Å². The van der Waals surface area contributed by atoms with Crippen LogP contribution in [-0.4, -0.2) is 19.0 Å². The minimum absolute atomic E-state index is 0.387. The number of halogens is 3. The summed E-state index contributed by atoms with van der Waals surface area (Å²) in [5.74, 6) is -4.12. The maximum Gasteiger partial charge on any atom is 0.282 e. The molecule has 0 radical (unpaired) electrons. The van der Waals surface area contributed by atoms with E-state index in [4.69, 9.17) is 4.42 Å². The van der Waals surface area contributed by atoms with Crippen molar-refractivity contribution in [2.24, 2.45) is 0 Å². The number of rotatable bonds is 5. The van der Waals surface area contributed by atoms with Crippen LogP contribution < -0.4 is 10.2 Å². The van der Waals surface area contributed by atoms with Crippen molar-refractivity contribution in [2.75, 3.05) is 12.4 Å². The van der Waals surface area contributed by atoms with Crippen molar-refractivity contribution in [3.8, 4) is 0 Å². The van der Waals surface area contributed by atoms with E-state index in [1.807, 2.05) is 0 Å². The van der Waals surface area contributed by atoms with E-state index in [1.54, 1.807) is 26.1 Å². The van der Waals surface area contributed by atoms with Gasteiger partial charge in [0.15, 0.2) is 29.3 Å². The van der Waals surface area contributed by atoms with Crippen molar-refractivity contribution in [1.29, 1.82) is 0 Å². The van der Waals surface area contributed by atoms with Crippen LogP contribution in [0.5, 0.6) is 0 Å². The Morgan fingerprint density at radius 3 is 2.64 bits per heavy atom. The SMILES string of the molecule is C[C@H](C(=O)Nc1ccc(F)c(F)c1F)[NH+](C)Cc1ccco1. The number of hydrogen-bond acceptors (Lipinski definition) is 2. The predicted octanol–water partition coefficient (Wildman–Crippen LogP) is 1.74. The first-order chi connectivity index (χ1) is 10.4. The number of likely N-dealkylation sites (N-methyl/N-ethyl adjacent to an activating group) is 1. The van der Waals surface area contributed by atoms with Crippen LogP contribution in [0.15, 0.2) is 34.9 Å². The minimum Gasteiger partial charge on any atom is -0.463 e. The highest BCUT2D eigenvalue weighted by Gasteiger charge is 2.24. The van der Waals surface area contributed by atoms with E-state index in [0.29, 0.717) is 12.3 Å². The van der Waals surface area contributed by atoms with Crippen molar-refractivity contribution >= 4 is 11.6 Å². The first-order valence-electron chi connectivity index (χ1n) is 6.69. The van der Waals surface area contributed by atoms with Gasteiger partial charge in [-0.15, -0.1) is 0 Å². The molecular formula is C15H16F3N2O2+. The fourth-order valence-electron chi connectivity index (χ4n) is 1.93. The second-order valence-electron chi connectivity index (χ2n) is 5.04. The lowest BCUT2D eigenvalue weighted by atomic mass is 10.2. The van der Waals surface area contributed by atoms with Gasteiger partial charge in [-0.25, -0.2) is 13.2 Å². The van der Waals surface area contributed by atoms with Crippen LogP contribution in [-0.2, 0) is 11.3 Å². The summed E-state index contributed by atoms with van der Waals surface area (Å²) in [6, 6.07) is 4.73. The maximum atomic E-state index is 13.5. The summed E-state index contributed by atoms with van der Waals surface area (Å²) in [6.07, 6.45) is 1.53. The number of hydrogen-bond donors (Lipinski definition) is 2. The number of carbonyl (C=O) groups excluding carboxylic acids is 1. The fraction of sp³-hybridized carbons (Fsp3) is 0.267. The number of anilines is 1. The number of nitrogens with one attached hydrogen (secondary N) is 2. The van der Waals surface area contributed by atoms with E-state index in [9.17, 15) is 18.0 Å². The summed E-state index contributed by atoms with van der Waals surface area (Å²) >= 11 is 0. The van der Waals surface area contributed by atoms with Gasteiger partial charge in [0.2, 0.25) is 0 Å².